The van der Waals surface area contributed by atoms with Crippen LogP contribution in [0.2, 0.25) is 0 Å². The summed E-state index contributed by atoms with van der Waals surface area (Å²) < 4.78 is 13.0. The molecule has 140 valence electrons. The first-order valence-corrected chi connectivity index (χ1v) is 8.95. The maximum absolute atomic E-state index is 13.0. The Balaban J connectivity index is 1.68. The number of para-hydroxylation sites is 1. The van der Waals surface area contributed by atoms with Gasteiger partial charge in [-0.25, -0.2) is 9.38 Å². The Kier molecular flexibility index (Phi) is 6.33. The highest BCUT2D eigenvalue weighted by atomic mass is 19.1. The van der Waals surface area contributed by atoms with Gasteiger partial charge in [-0.05, 0) is 42.3 Å². The highest BCUT2D eigenvalue weighted by molar-refractivity contribution is 5.83. The van der Waals surface area contributed by atoms with Crippen LogP contribution in [0.3, 0.4) is 0 Å². The van der Waals surface area contributed by atoms with Gasteiger partial charge in [0.25, 0.3) is 0 Å². The van der Waals surface area contributed by atoms with Crippen LogP contribution >= 0.6 is 0 Å². The number of hydrogen-bond acceptors (Lipinski definition) is 3. The van der Waals surface area contributed by atoms with E-state index < -0.39 is 6.10 Å². The Bertz CT molecular complexity index is 906. The normalized spacial score (nSPS) is 12.8. The first kappa shape index (κ1) is 18.8. The molecule has 1 unspecified atom stereocenters. The smallest absolute Gasteiger partial charge is 0.191 e. The summed E-state index contributed by atoms with van der Waals surface area (Å²) in [6.45, 7) is 3.45. The molecule has 0 aliphatic heterocycles. The first-order valence-electron chi connectivity index (χ1n) is 8.95. The Labute approximate surface area is 158 Å². The number of benzene rings is 2. The lowest BCUT2D eigenvalue weighted by Gasteiger charge is -2.15. The topological polar surface area (TPSA) is 69.5 Å². The van der Waals surface area contributed by atoms with Crippen molar-refractivity contribution in [2.75, 3.05) is 13.1 Å². The van der Waals surface area contributed by atoms with E-state index in [0.717, 1.165) is 16.5 Å². The van der Waals surface area contributed by atoms with Crippen LogP contribution in [0, 0.1) is 5.82 Å². The molecule has 27 heavy (non-hydrogen) atoms. The van der Waals surface area contributed by atoms with Crippen LogP contribution in [0.15, 0.2) is 65.8 Å². The second-order valence-corrected chi connectivity index (χ2v) is 6.13. The van der Waals surface area contributed by atoms with Crippen molar-refractivity contribution < 1.29 is 9.50 Å². The molecule has 5 nitrogen and oxygen atoms in total. The Morgan fingerprint density at radius 2 is 1.89 bits per heavy atom. The van der Waals surface area contributed by atoms with Gasteiger partial charge in [-0.1, -0.05) is 30.3 Å². The number of rotatable bonds is 6. The summed E-state index contributed by atoms with van der Waals surface area (Å²) in [5.41, 5.74) is 2.67. The van der Waals surface area contributed by atoms with E-state index in [4.69, 9.17) is 0 Å². The molecule has 6 heteroatoms. The number of aromatic nitrogens is 1. The Hall–Kier alpha value is -2.99. The van der Waals surface area contributed by atoms with Gasteiger partial charge >= 0.3 is 0 Å². The Morgan fingerprint density at radius 3 is 2.67 bits per heavy atom. The summed E-state index contributed by atoms with van der Waals surface area (Å²) >= 11 is 0. The van der Waals surface area contributed by atoms with Crippen LogP contribution in [0.25, 0.3) is 10.9 Å². The number of aliphatic hydroxyl groups excluding tert-OH is 1. The van der Waals surface area contributed by atoms with Gasteiger partial charge in [0.1, 0.15) is 5.82 Å². The van der Waals surface area contributed by atoms with Crippen molar-refractivity contribution in [3.63, 3.8) is 0 Å². The number of pyridine rings is 1. The lowest BCUT2D eigenvalue weighted by Crippen LogP contribution is -2.39. The van der Waals surface area contributed by atoms with E-state index in [0.29, 0.717) is 24.6 Å². The SMILES string of the molecule is CCNC(=NCc1ccnc2ccccc12)NCC(O)c1ccc(F)cc1. The molecule has 1 heterocycles. The van der Waals surface area contributed by atoms with E-state index in [-0.39, 0.29) is 12.4 Å². The highest BCUT2D eigenvalue weighted by Gasteiger charge is 2.09. The summed E-state index contributed by atoms with van der Waals surface area (Å²) in [6, 6.07) is 15.8. The molecule has 0 radical (unpaired) electrons. The second-order valence-electron chi connectivity index (χ2n) is 6.13. The van der Waals surface area contributed by atoms with Crippen LogP contribution < -0.4 is 10.6 Å². The number of nitrogens with one attached hydrogen (secondary N) is 2. The molecule has 0 spiro atoms. The van der Waals surface area contributed by atoms with Crippen molar-refractivity contribution in [2.45, 2.75) is 19.6 Å². The number of guanidine groups is 1. The standard InChI is InChI=1S/C21H23FN4O/c1-2-23-21(26-14-20(27)15-7-9-17(22)10-8-15)25-13-16-11-12-24-19-6-4-3-5-18(16)19/h3-12,20,27H,2,13-14H2,1H3,(H2,23,25,26). The quantitative estimate of drug-likeness (QED) is 0.463. The number of fused-ring (bicyclic) bond motifs is 1. The van der Waals surface area contributed by atoms with E-state index in [1.165, 1.54) is 12.1 Å². The monoisotopic (exact) mass is 366 g/mol. The maximum Gasteiger partial charge on any atom is 0.191 e. The van der Waals surface area contributed by atoms with Gasteiger partial charge in [-0.15, -0.1) is 0 Å². The third kappa shape index (κ3) is 5.01. The van der Waals surface area contributed by atoms with Crippen molar-refractivity contribution in [2.24, 2.45) is 4.99 Å². The zero-order valence-corrected chi connectivity index (χ0v) is 15.2. The zero-order valence-electron chi connectivity index (χ0n) is 15.2. The maximum atomic E-state index is 13.0. The lowest BCUT2D eigenvalue weighted by molar-refractivity contribution is 0.180. The molecule has 2 aromatic carbocycles. The fourth-order valence-electron chi connectivity index (χ4n) is 2.80. The van der Waals surface area contributed by atoms with E-state index >= 15 is 0 Å². The van der Waals surface area contributed by atoms with Gasteiger partial charge in [0, 0.05) is 24.7 Å². The molecule has 1 aromatic heterocycles. The third-order valence-electron chi connectivity index (χ3n) is 4.21. The minimum absolute atomic E-state index is 0.272. The largest absolute Gasteiger partial charge is 0.387 e. The summed E-state index contributed by atoms with van der Waals surface area (Å²) in [7, 11) is 0. The number of halogens is 1. The average molecular weight is 366 g/mol. The fourth-order valence-corrected chi connectivity index (χ4v) is 2.80. The van der Waals surface area contributed by atoms with Crippen LogP contribution in [0.4, 0.5) is 4.39 Å². The van der Waals surface area contributed by atoms with Gasteiger partial charge in [-0.2, -0.15) is 0 Å². The van der Waals surface area contributed by atoms with Gasteiger partial charge < -0.3 is 15.7 Å². The summed E-state index contributed by atoms with van der Waals surface area (Å²) in [4.78, 5) is 8.97. The molecule has 0 aliphatic carbocycles. The molecule has 0 amide bonds. The van der Waals surface area contributed by atoms with Crippen molar-refractivity contribution in [1.82, 2.24) is 15.6 Å². The first-order chi connectivity index (χ1) is 13.2. The minimum atomic E-state index is -0.754. The number of nitrogens with zero attached hydrogens (tertiary/aromatic N) is 2. The summed E-state index contributed by atoms with van der Waals surface area (Å²) in [5.74, 6) is 0.290. The Morgan fingerprint density at radius 1 is 1.11 bits per heavy atom. The molecule has 0 saturated heterocycles. The van der Waals surface area contributed by atoms with Crippen LogP contribution in [0.5, 0.6) is 0 Å². The van der Waals surface area contributed by atoms with Crippen molar-refractivity contribution >= 4 is 16.9 Å². The van der Waals surface area contributed by atoms with E-state index in [1.54, 1.807) is 18.3 Å². The van der Waals surface area contributed by atoms with E-state index in [1.807, 2.05) is 37.3 Å². The fraction of sp³-hybridized carbons (Fsp3) is 0.238. The number of hydrogen-bond donors (Lipinski definition) is 3. The average Bonchev–Trinajstić information content (AvgIpc) is 2.70. The molecule has 1 atom stereocenters. The molecule has 3 rings (SSSR count). The molecule has 0 fully saturated rings. The van der Waals surface area contributed by atoms with Crippen LogP contribution in [-0.2, 0) is 6.54 Å². The van der Waals surface area contributed by atoms with Crippen LogP contribution in [0.1, 0.15) is 24.2 Å². The molecule has 0 aliphatic rings. The van der Waals surface area contributed by atoms with Crippen molar-refractivity contribution in [1.29, 1.82) is 0 Å². The molecule has 0 bridgehead atoms. The predicted molar refractivity (Wildman–Crippen MR) is 106 cm³/mol. The molecular weight excluding hydrogens is 343 g/mol. The zero-order chi connectivity index (χ0) is 19.1. The van der Waals surface area contributed by atoms with Crippen molar-refractivity contribution in [3.8, 4) is 0 Å². The van der Waals surface area contributed by atoms with E-state index in [2.05, 4.69) is 20.6 Å². The molecule has 3 N–H and O–H groups in total. The molecular formula is C21H23FN4O. The van der Waals surface area contributed by atoms with Crippen LogP contribution in [-0.4, -0.2) is 29.1 Å². The predicted octanol–water partition coefficient (Wildman–Crippen LogP) is 3.16. The molecule has 0 saturated carbocycles. The highest BCUT2D eigenvalue weighted by Crippen LogP contribution is 2.17. The molecule has 3 aromatic rings. The minimum Gasteiger partial charge on any atom is -0.387 e. The van der Waals surface area contributed by atoms with Gasteiger partial charge in [-0.3, -0.25) is 4.98 Å². The summed E-state index contributed by atoms with van der Waals surface area (Å²) in [6.07, 6.45) is 1.03. The van der Waals surface area contributed by atoms with Crippen molar-refractivity contribution in [3.05, 3.63) is 77.7 Å². The third-order valence-corrected chi connectivity index (χ3v) is 4.21. The summed E-state index contributed by atoms with van der Waals surface area (Å²) in [5, 5.41) is 17.7. The second kappa shape index (κ2) is 9.09. The lowest BCUT2D eigenvalue weighted by atomic mass is 10.1. The van der Waals surface area contributed by atoms with Gasteiger partial charge in [0.15, 0.2) is 5.96 Å². The van der Waals surface area contributed by atoms with Gasteiger partial charge in [0.2, 0.25) is 0 Å². The number of aliphatic imine (C=N–C) groups is 1. The van der Waals surface area contributed by atoms with Gasteiger partial charge in [0.05, 0.1) is 18.2 Å². The van der Waals surface area contributed by atoms with E-state index in [9.17, 15) is 9.50 Å². The number of aliphatic hydroxyl groups is 1.